The Morgan fingerprint density at radius 1 is 1.10 bits per heavy atom. The zero-order valence-corrected chi connectivity index (χ0v) is 24.5. The highest BCUT2D eigenvalue weighted by molar-refractivity contribution is 6.05. The average Bonchev–Trinajstić information content (AvgIpc) is 3.38. The zero-order chi connectivity index (χ0) is 27.9. The van der Waals surface area contributed by atoms with Crippen LogP contribution in [0.5, 0.6) is 5.75 Å². The number of amides is 1. The first-order chi connectivity index (χ1) is 19.5. The van der Waals surface area contributed by atoms with Gasteiger partial charge in [0, 0.05) is 29.9 Å². The molecule has 3 heterocycles. The number of fused-ring (bicyclic) bond motifs is 1. The number of benzene rings is 1. The van der Waals surface area contributed by atoms with Crippen molar-refractivity contribution < 1.29 is 9.53 Å². The van der Waals surface area contributed by atoms with Gasteiger partial charge in [0.25, 0.3) is 5.91 Å². The van der Waals surface area contributed by atoms with Gasteiger partial charge in [0.1, 0.15) is 11.4 Å². The Kier molecular flexibility index (Phi) is 9.70. The standard InChI is InChI=1S/C32H46N6O2/c1-23-7-6-9-28(34-23)32(39)35-30-19-26-22-38(36-29(26)20-31(30)40-3)27-12-10-25(11-13-27)21-37(2)18-5-4-8-24-14-16-33-17-15-24/h6-7,9,19-20,22,24-25,27,33H,4-5,8,10-18,21H2,1-3H3,(H,35,39)/t25-,27-. The van der Waals surface area contributed by atoms with Gasteiger partial charge in [-0.05, 0) is 109 Å². The third-order valence-corrected chi connectivity index (χ3v) is 8.83. The topological polar surface area (TPSA) is 84.3 Å². The minimum absolute atomic E-state index is 0.251. The molecule has 5 rings (SSSR count). The summed E-state index contributed by atoms with van der Waals surface area (Å²) in [5, 5.41) is 12.4. The predicted octanol–water partition coefficient (Wildman–Crippen LogP) is 5.83. The number of methoxy groups -OCH3 is 1. The number of nitrogens with zero attached hydrogens (tertiary/aromatic N) is 4. The maximum atomic E-state index is 12.8. The normalized spacial score (nSPS) is 20.2. The lowest BCUT2D eigenvalue weighted by Crippen LogP contribution is -2.30. The van der Waals surface area contributed by atoms with Gasteiger partial charge in [-0.3, -0.25) is 9.48 Å². The third-order valence-electron chi connectivity index (χ3n) is 8.83. The van der Waals surface area contributed by atoms with Crippen LogP contribution >= 0.6 is 0 Å². The molecule has 0 unspecified atom stereocenters. The van der Waals surface area contributed by atoms with Gasteiger partial charge >= 0.3 is 0 Å². The Hall–Kier alpha value is -2.97. The second-order valence-electron chi connectivity index (χ2n) is 12.0. The summed E-state index contributed by atoms with van der Waals surface area (Å²) in [6.45, 7) is 6.72. The molecular weight excluding hydrogens is 500 g/mol. The first-order valence-electron chi connectivity index (χ1n) is 15.2. The predicted molar refractivity (Wildman–Crippen MR) is 161 cm³/mol. The quantitative estimate of drug-likeness (QED) is 0.294. The van der Waals surface area contributed by atoms with Gasteiger partial charge in [-0.15, -0.1) is 0 Å². The smallest absolute Gasteiger partial charge is 0.274 e. The summed E-state index contributed by atoms with van der Waals surface area (Å²) in [6, 6.07) is 9.72. The molecule has 1 aliphatic carbocycles. The average molecular weight is 547 g/mol. The maximum Gasteiger partial charge on any atom is 0.274 e. The number of pyridine rings is 1. The molecule has 1 aromatic carbocycles. The summed E-state index contributed by atoms with van der Waals surface area (Å²) in [6.07, 6.45) is 13.7. The number of piperidine rings is 1. The highest BCUT2D eigenvalue weighted by Crippen LogP contribution is 2.35. The molecule has 1 saturated heterocycles. The Balaban J connectivity index is 1.12. The monoisotopic (exact) mass is 546 g/mol. The van der Waals surface area contributed by atoms with Crippen LogP contribution in [0.2, 0.25) is 0 Å². The minimum Gasteiger partial charge on any atom is -0.494 e. The first kappa shape index (κ1) is 28.6. The number of nitrogens with one attached hydrogen (secondary N) is 2. The fourth-order valence-corrected chi connectivity index (χ4v) is 6.49. The van der Waals surface area contributed by atoms with E-state index in [9.17, 15) is 4.79 Å². The van der Waals surface area contributed by atoms with Gasteiger partial charge < -0.3 is 20.3 Å². The van der Waals surface area contributed by atoms with Crippen LogP contribution in [0.1, 0.15) is 80.0 Å². The van der Waals surface area contributed by atoms with Gasteiger partial charge in [0.2, 0.25) is 0 Å². The van der Waals surface area contributed by atoms with Crippen molar-refractivity contribution in [3.05, 3.63) is 47.9 Å². The van der Waals surface area contributed by atoms with E-state index >= 15 is 0 Å². The van der Waals surface area contributed by atoms with Gasteiger partial charge in [-0.1, -0.05) is 18.9 Å². The molecule has 0 spiro atoms. The highest BCUT2D eigenvalue weighted by atomic mass is 16.5. The van der Waals surface area contributed by atoms with Crippen LogP contribution in [-0.4, -0.2) is 65.9 Å². The fraction of sp³-hybridized carbons (Fsp3) is 0.594. The summed E-state index contributed by atoms with van der Waals surface area (Å²) < 4.78 is 7.73. The van der Waals surface area contributed by atoms with Gasteiger partial charge in [-0.25, -0.2) is 4.98 Å². The molecule has 0 atom stereocenters. The molecule has 8 heteroatoms. The van der Waals surface area contributed by atoms with Gasteiger partial charge in [0.15, 0.2) is 0 Å². The van der Waals surface area contributed by atoms with Crippen LogP contribution in [0.15, 0.2) is 36.5 Å². The van der Waals surface area contributed by atoms with Crippen molar-refractivity contribution in [2.45, 2.75) is 70.8 Å². The molecule has 1 aliphatic heterocycles. The SMILES string of the molecule is COc1cc2nn([C@H]3CC[C@H](CN(C)CCCCC4CCNCC4)CC3)cc2cc1NC(=O)c1cccc(C)n1. The van der Waals surface area contributed by atoms with Crippen molar-refractivity contribution in [2.75, 3.05) is 45.7 Å². The summed E-state index contributed by atoms with van der Waals surface area (Å²) >= 11 is 0. The summed E-state index contributed by atoms with van der Waals surface area (Å²) in [7, 11) is 3.92. The number of carbonyl (C=O) groups excluding carboxylic acids is 1. The second kappa shape index (κ2) is 13.6. The van der Waals surface area contributed by atoms with E-state index in [1.165, 1.54) is 71.1 Å². The maximum absolute atomic E-state index is 12.8. The molecule has 3 aromatic rings. The van der Waals surface area contributed by atoms with E-state index in [2.05, 4.69) is 38.4 Å². The number of carbonyl (C=O) groups is 1. The Bertz CT molecular complexity index is 1260. The lowest BCUT2D eigenvalue weighted by Gasteiger charge is -2.31. The van der Waals surface area contributed by atoms with Crippen molar-refractivity contribution in [3.63, 3.8) is 0 Å². The number of aromatic nitrogens is 3. The van der Waals surface area contributed by atoms with Gasteiger partial charge in [-0.2, -0.15) is 5.10 Å². The van der Waals surface area contributed by atoms with E-state index in [-0.39, 0.29) is 5.91 Å². The van der Waals surface area contributed by atoms with Crippen LogP contribution in [-0.2, 0) is 0 Å². The fourth-order valence-electron chi connectivity index (χ4n) is 6.49. The number of anilines is 1. The molecule has 2 N–H and O–H groups in total. The van der Waals surface area contributed by atoms with E-state index in [0.29, 0.717) is 23.2 Å². The van der Waals surface area contributed by atoms with Crippen LogP contribution in [0, 0.1) is 18.8 Å². The number of aryl methyl sites for hydroxylation is 1. The lowest BCUT2D eigenvalue weighted by atomic mass is 9.85. The van der Waals surface area contributed by atoms with Crippen molar-refractivity contribution >= 4 is 22.5 Å². The van der Waals surface area contributed by atoms with E-state index in [4.69, 9.17) is 9.84 Å². The zero-order valence-electron chi connectivity index (χ0n) is 24.5. The summed E-state index contributed by atoms with van der Waals surface area (Å²) in [4.78, 5) is 19.7. The molecular formula is C32H46N6O2. The van der Waals surface area contributed by atoms with E-state index in [1.807, 2.05) is 31.2 Å². The Morgan fingerprint density at radius 3 is 2.65 bits per heavy atom. The van der Waals surface area contributed by atoms with Gasteiger partial charge in [0.05, 0.1) is 24.4 Å². The molecule has 0 bridgehead atoms. The lowest BCUT2D eigenvalue weighted by molar-refractivity contribution is 0.102. The van der Waals surface area contributed by atoms with Crippen molar-refractivity contribution in [1.82, 2.24) is 25.0 Å². The molecule has 0 radical (unpaired) electrons. The molecule has 8 nitrogen and oxygen atoms in total. The third kappa shape index (κ3) is 7.40. The second-order valence-corrected chi connectivity index (χ2v) is 12.0. The largest absolute Gasteiger partial charge is 0.494 e. The Labute approximate surface area is 238 Å². The van der Waals surface area contributed by atoms with E-state index < -0.39 is 0 Å². The molecule has 1 amide bonds. The summed E-state index contributed by atoms with van der Waals surface area (Å²) in [5.74, 6) is 2.07. The van der Waals surface area contributed by atoms with E-state index in [1.54, 1.807) is 13.2 Å². The van der Waals surface area contributed by atoms with Crippen molar-refractivity contribution in [1.29, 1.82) is 0 Å². The number of hydrogen-bond acceptors (Lipinski definition) is 6. The molecule has 2 aromatic heterocycles. The minimum atomic E-state index is -0.251. The van der Waals surface area contributed by atoms with Crippen LogP contribution in [0.4, 0.5) is 5.69 Å². The van der Waals surface area contributed by atoms with Crippen molar-refractivity contribution in [2.24, 2.45) is 11.8 Å². The number of unbranched alkanes of at least 4 members (excludes halogenated alkanes) is 1. The van der Waals surface area contributed by atoms with Crippen LogP contribution in [0.3, 0.4) is 0 Å². The highest BCUT2D eigenvalue weighted by Gasteiger charge is 2.24. The number of rotatable bonds is 11. The molecule has 216 valence electrons. The molecule has 2 fully saturated rings. The Morgan fingerprint density at radius 2 is 1.90 bits per heavy atom. The number of hydrogen-bond donors (Lipinski definition) is 2. The van der Waals surface area contributed by atoms with Crippen molar-refractivity contribution in [3.8, 4) is 5.75 Å². The molecule has 40 heavy (non-hydrogen) atoms. The summed E-state index contributed by atoms with van der Waals surface area (Å²) in [5.41, 5.74) is 2.71. The number of ether oxygens (including phenoxy) is 1. The van der Waals surface area contributed by atoms with Crippen LogP contribution in [0.25, 0.3) is 10.9 Å². The molecule has 2 aliphatic rings. The van der Waals surface area contributed by atoms with Crippen LogP contribution < -0.4 is 15.4 Å². The first-order valence-corrected chi connectivity index (χ1v) is 15.2. The molecule has 1 saturated carbocycles. The van der Waals surface area contributed by atoms with E-state index in [0.717, 1.165) is 41.3 Å².